The van der Waals surface area contributed by atoms with Crippen molar-refractivity contribution in [3.8, 4) is 12.3 Å². The summed E-state index contributed by atoms with van der Waals surface area (Å²) in [6.07, 6.45) is 6.36. The largest absolute Gasteiger partial charge is 0.362 e. The summed E-state index contributed by atoms with van der Waals surface area (Å²) >= 11 is 0. The first-order valence-corrected chi connectivity index (χ1v) is 4.90. The summed E-state index contributed by atoms with van der Waals surface area (Å²) in [5.41, 5.74) is 0.965. The van der Waals surface area contributed by atoms with E-state index in [1.807, 2.05) is 13.0 Å². The minimum absolute atomic E-state index is 0.361. The zero-order chi connectivity index (χ0) is 10.0. The Kier molecular flexibility index (Phi) is 2.31. The Bertz CT molecular complexity index is 349. The summed E-state index contributed by atoms with van der Waals surface area (Å²) < 4.78 is 5.62. The highest BCUT2D eigenvalue weighted by molar-refractivity contribution is 5.24. The highest BCUT2D eigenvalue weighted by atomic mass is 16.5. The van der Waals surface area contributed by atoms with Crippen molar-refractivity contribution in [3.05, 3.63) is 35.9 Å². The molecule has 1 fully saturated rings. The summed E-state index contributed by atoms with van der Waals surface area (Å²) in [5.74, 6) is 3.17. The fourth-order valence-electron chi connectivity index (χ4n) is 1.91. The van der Waals surface area contributed by atoms with Crippen molar-refractivity contribution in [3.63, 3.8) is 0 Å². The zero-order valence-electron chi connectivity index (χ0n) is 8.36. The molecule has 1 heterocycles. The molecule has 0 spiro atoms. The molecule has 14 heavy (non-hydrogen) atoms. The average molecular weight is 186 g/mol. The second kappa shape index (κ2) is 3.48. The summed E-state index contributed by atoms with van der Waals surface area (Å²) in [5, 5.41) is 0. The summed E-state index contributed by atoms with van der Waals surface area (Å²) in [6.45, 7) is 2.72. The summed E-state index contributed by atoms with van der Waals surface area (Å²) in [7, 11) is 0. The molecule has 0 unspecified atom stereocenters. The Hall–Kier alpha value is -1.26. The quantitative estimate of drug-likeness (QED) is 0.612. The van der Waals surface area contributed by atoms with Gasteiger partial charge in [0.05, 0.1) is 6.61 Å². The second-order valence-corrected chi connectivity index (χ2v) is 4.00. The smallest absolute Gasteiger partial charge is 0.126 e. The van der Waals surface area contributed by atoms with Crippen LogP contribution in [0.2, 0.25) is 0 Å². The lowest BCUT2D eigenvalue weighted by molar-refractivity contribution is 0.0687. The number of ether oxygens (including phenoxy) is 1. The van der Waals surface area contributed by atoms with Gasteiger partial charge in [0, 0.05) is 5.92 Å². The molecular formula is C13H14O. The van der Waals surface area contributed by atoms with E-state index in [9.17, 15) is 0 Å². The van der Waals surface area contributed by atoms with Gasteiger partial charge in [0.25, 0.3) is 0 Å². The lowest BCUT2D eigenvalue weighted by Gasteiger charge is -2.14. The zero-order valence-corrected chi connectivity index (χ0v) is 8.36. The van der Waals surface area contributed by atoms with Gasteiger partial charge in [-0.2, -0.15) is 0 Å². The van der Waals surface area contributed by atoms with Crippen LogP contribution in [0.15, 0.2) is 30.3 Å². The van der Waals surface area contributed by atoms with Gasteiger partial charge in [-0.05, 0) is 18.9 Å². The third-order valence-corrected chi connectivity index (χ3v) is 2.82. The number of rotatable bonds is 1. The van der Waals surface area contributed by atoms with Gasteiger partial charge in [-0.15, -0.1) is 6.42 Å². The molecule has 0 aromatic heterocycles. The van der Waals surface area contributed by atoms with E-state index >= 15 is 0 Å². The molecule has 1 nitrogen and oxygen atoms in total. The Morgan fingerprint density at radius 3 is 2.71 bits per heavy atom. The van der Waals surface area contributed by atoms with E-state index in [1.165, 1.54) is 5.56 Å². The molecule has 1 heteroatoms. The first-order valence-electron chi connectivity index (χ1n) is 4.90. The number of hydrogen-bond donors (Lipinski definition) is 0. The maximum atomic E-state index is 5.62. The van der Waals surface area contributed by atoms with Gasteiger partial charge in [0.1, 0.15) is 5.60 Å². The molecule has 1 saturated heterocycles. The van der Waals surface area contributed by atoms with Crippen LogP contribution in [-0.4, -0.2) is 12.2 Å². The molecule has 72 valence electrons. The normalized spacial score (nSPS) is 31.3. The van der Waals surface area contributed by atoms with Crippen molar-refractivity contribution in [2.45, 2.75) is 24.9 Å². The molecule has 2 atom stereocenters. The van der Waals surface area contributed by atoms with Crippen LogP contribution in [0.5, 0.6) is 0 Å². The Morgan fingerprint density at radius 2 is 2.14 bits per heavy atom. The number of benzene rings is 1. The monoisotopic (exact) mass is 186 g/mol. The van der Waals surface area contributed by atoms with E-state index in [2.05, 4.69) is 30.2 Å². The molecule has 1 aromatic carbocycles. The predicted octanol–water partition coefficient (Wildman–Crippen LogP) is 2.58. The van der Waals surface area contributed by atoms with Crippen molar-refractivity contribution in [1.29, 1.82) is 0 Å². The highest BCUT2D eigenvalue weighted by Gasteiger charge is 2.34. The number of hydrogen-bond acceptors (Lipinski definition) is 1. The van der Waals surface area contributed by atoms with E-state index in [1.54, 1.807) is 0 Å². The maximum absolute atomic E-state index is 5.62. The lowest BCUT2D eigenvalue weighted by Crippen LogP contribution is -2.19. The lowest BCUT2D eigenvalue weighted by atomic mass is 9.91. The fourth-order valence-corrected chi connectivity index (χ4v) is 1.91. The highest BCUT2D eigenvalue weighted by Crippen LogP contribution is 2.35. The molecule has 0 aliphatic carbocycles. The van der Waals surface area contributed by atoms with Crippen LogP contribution in [-0.2, 0) is 4.74 Å². The predicted molar refractivity (Wildman–Crippen MR) is 57.0 cm³/mol. The second-order valence-electron chi connectivity index (χ2n) is 4.00. The van der Waals surface area contributed by atoms with Gasteiger partial charge in [-0.3, -0.25) is 0 Å². The van der Waals surface area contributed by atoms with Gasteiger partial charge in [-0.1, -0.05) is 36.3 Å². The van der Waals surface area contributed by atoms with Crippen LogP contribution in [0, 0.1) is 12.3 Å². The van der Waals surface area contributed by atoms with E-state index in [0.717, 1.165) is 13.0 Å². The molecule has 0 radical (unpaired) electrons. The van der Waals surface area contributed by atoms with Crippen molar-refractivity contribution in [1.82, 2.24) is 0 Å². The van der Waals surface area contributed by atoms with Crippen molar-refractivity contribution >= 4 is 0 Å². The third-order valence-electron chi connectivity index (χ3n) is 2.82. The molecule has 1 aromatic rings. The van der Waals surface area contributed by atoms with E-state index in [0.29, 0.717) is 5.92 Å². The standard InChI is InChI=1S/C13H14O/c1-3-13(2)9-12(10-14-13)11-7-5-4-6-8-11/h1,4-8,12H,9-10H2,2H3/t12-,13+/m0/s1. The Labute approximate surface area is 85.1 Å². The van der Waals surface area contributed by atoms with Crippen LogP contribution in [0.1, 0.15) is 24.8 Å². The maximum Gasteiger partial charge on any atom is 0.126 e. The molecule has 0 bridgehead atoms. The minimum Gasteiger partial charge on any atom is -0.362 e. The minimum atomic E-state index is -0.361. The molecule has 2 rings (SSSR count). The molecule has 1 aliphatic rings. The van der Waals surface area contributed by atoms with Crippen LogP contribution in [0.25, 0.3) is 0 Å². The van der Waals surface area contributed by atoms with E-state index < -0.39 is 0 Å². The number of terminal acetylenes is 1. The van der Waals surface area contributed by atoms with E-state index in [-0.39, 0.29) is 5.60 Å². The topological polar surface area (TPSA) is 9.23 Å². The van der Waals surface area contributed by atoms with Gasteiger partial charge in [0.2, 0.25) is 0 Å². The Balaban J connectivity index is 2.15. The third kappa shape index (κ3) is 1.66. The van der Waals surface area contributed by atoms with Crippen LogP contribution in [0.4, 0.5) is 0 Å². The average Bonchev–Trinajstić information content (AvgIpc) is 2.63. The molecular weight excluding hydrogens is 172 g/mol. The van der Waals surface area contributed by atoms with Crippen molar-refractivity contribution < 1.29 is 4.74 Å². The van der Waals surface area contributed by atoms with Crippen molar-refractivity contribution in [2.75, 3.05) is 6.61 Å². The SMILES string of the molecule is C#C[C@]1(C)C[C@H](c2ccccc2)CO1. The van der Waals surface area contributed by atoms with Crippen LogP contribution >= 0.6 is 0 Å². The molecule has 1 aliphatic heterocycles. The van der Waals surface area contributed by atoms with Gasteiger partial charge < -0.3 is 4.74 Å². The molecule has 0 amide bonds. The Morgan fingerprint density at radius 1 is 1.43 bits per heavy atom. The van der Waals surface area contributed by atoms with Crippen molar-refractivity contribution in [2.24, 2.45) is 0 Å². The van der Waals surface area contributed by atoms with E-state index in [4.69, 9.17) is 11.2 Å². The summed E-state index contributed by atoms with van der Waals surface area (Å²) in [6, 6.07) is 10.4. The van der Waals surface area contributed by atoms with Gasteiger partial charge >= 0.3 is 0 Å². The van der Waals surface area contributed by atoms with Crippen LogP contribution in [0.3, 0.4) is 0 Å². The first-order chi connectivity index (χ1) is 6.73. The fraction of sp³-hybridized carbons (Fsp3) is 0.385. The molecule has 0 N–H and O–H groups in total. The van der Waals surface area contributed by atoms with Gasteiger partial charge in [-0.25, -0.2) is 0 Å². The molecule has 0 saturated carbocycles. The van der Waals surface area contributed by atoms with Crippen LogP contribution < -0.4 is 0 Å². The summed E-state index contributed by atoms with van der Waals surface area (Å²) in [4.78, 5) is 0. The first kappa shape index (κ1) is 9.30. The van der Waals surface area contributed by atoms with Gasteiger partial charge in [0.15, 0.2) is 0 Å².